The highest BCUT2D eigenvalue weighted by molar-refractivity contribution is 5.91. The van der Waals surface area contributed by atoms with Crippen molar-refractivity contribution in [1.29, 1.82) is 0 Å². The number of hydrogen-bond donors (Lipinski definition) is 1. The summed E-state index contributed by atoms with van der Waals surface area (Å²) in [6, 6.07) is 6.68. The van der Waals surface area contributed by atoms with Crippen molar-refractivity contribution in [2.45, 2.75) is 51.7 Å². The maximum Gasteiger partial charge on any atom is 0.338 e. The average molecular weight is 349 g/mol. The van der Waals surface area contributed by atoms with Gasteiger partial charge in [-0.3, -0.25) is 4.79 Å². The van der Waals surface area contributed by atoms with Crippen LogP contribution in [0.5, 0.6) is 5.75 Å². The van der Waals surface area contributed by atoms with Crippen molar-refractivity contribution in [2.75, 3.05) is 19.8 Å². The second-order valence-corrected chi connectivity index (χ2v) is 6.83. The van der Waals surface area contributed by atoms with Crippen molar-refractivity contribution in [3.05, 3.63) is 29.8 Å². The van der Waals surface area contributed by atoms with Crippen LogP contribution in [0.15, 0.2) is 24.3 Å². The fourth-order valence-electron chi connectivity index (χ4n) is 2.37. The third-order valence-corrected chi connectivity index (χ3v) is 4.25. The van der Waals surface area contributed by atoms with E-state index in [1.807, 2.05) is 20.8 Å². The van der Waals surface area contributed by atoms with Gasteiger partial charge in [-0.05, 0) is 57.4 Å². The summed E-state index contributed by atoms with van der Waals surface area (Å²) in [5, 5.41) is 2.82. The van der Waals surface area contributed by atoms with Crippen LogP contribution in [-0.2, 0) is 14.3 Å². The number of rotatable bonds is 8. The Morgan fingerprint density at radius 2 is 2.00 bits per heavy atom. The standard InChI is InChI=1S/C19H27NO5/c1-4-19(2,3)20-17(21)13-25-18(22)14-7-9-15(10-8-14)24-12-16-6-5-11-23-16/h7-10,16H,4-6,11-13H2,1-3H3,(H,20,21)/t16-/m0/s1. The number of benzene rings is 1. The predicted molar refractivity (Wildman–Crippen MR) is 93.7 cm³/mol. The third-order valence-electron chi connectivity index (χ3n) is 4.25. The van der Waals surface area contributed by atoms with E-state index in [-0.39, 0.29) is 24.2 Å². The van der Waals surface area contributed by atoms with Gasteiger partial charge in [0.15, 0.2) is 6.61 Å². The molecule has 25 heavy (non-hydrogen) atoms. The Bertz CT molecular complexity index is 576. The molecule has 1 amide bonds. The van der Waals surface area contributed by atoms with Crippen LogP contribution in [0.2, 0.25) is 0 Å². The first-order chi connectivity index (χ1) is 11.9. The van der Waals surface area contributed by atoms with Gasteiger partial charge in [-0.15, -0.1) is 0 Å². The first-order valence-corrected chi connectivity index (χ1v) is 8.72. The zero-order valence-electron chi connectivity index (χ0n) is 15.2. The van der Waals surface area contributed by atoms with Gasteiger partial charge in [0.1, 0.15) is 12.4 Å². The molecule has 0 aliphatic carbocycles. The molecule has 0 spiro atoms. The summed E-state index contributed by atoms with van der Waals surface area (Å²) in [7, 11) is 0. The summed E-state index contributed by atoms with van der Waals surface area (Å²) in [5.41, 5.74) is 0.0675. The Morgan fingerprint density at radius 3 is 2.60 bits per heavy atom. The zero-order chi connectivity index (χ0) is 18.3. The van der Waals surface area contributed by atoms with Gasteiger partial charge in [-0.25, -0.2) is 4.79 Å². The molecule has 6 nitrogen and oxygen atoms in total. The van der Waals surface area contributed by atoms with E-state index in [0.717, 1.165) is 25.9 Å². The normalized spacial score (nSPS) is 17.2. The minimum absolute atomic E-state index is 0.149. The molecule has 1 heterocycles. The largest absolute Gasteiger partial charge is 0.491 e. The zero-order valence-corrected chi connectivity index (χ0v) is 15.2. The Labute approximate surface area is 148 Å². The number of carbonyl (C=O) groups excluding carboxylic acids is 2. The molecule has 0 saturated carbocycles. The Kier molecular flexibility index (Phi) is 6.82. The van der Waals surface area contributed by atoms with E-state index in [1.165, 1.54) is 0 Å². The van der Waals surface area contributed by atoms with E-state index in [0.29, 0.717) is 17.9 Å². The SMILES string of the molecule is CCC(C)(C)NC(=O)COC(=O)c1ccc(OC[C@@H]2CCCO2)cc1. The molecular weight excluding hydrogens is 322 g/mol. The van der Waals surface area contributed by atoms with E-state index in [4.69, 9.17) is 14.2 Å². The van der Waals surface area contributed by atoms with Crippen molar-refractivity contribution in [1.82, 2.24) is 5.32 Å². The van der Waals surface area contributed by atoms with Crippen LogP contribution in [-0.4, -0.2) is 43.3 Å². The van der Waals surface area contributed by atoms with E-state index in [9.17, 15) is 9.59 Å². The topological polar surface area (TPSA) is 73.9 Å². The highest BCUT2D eigenvalue weighted by Crippen LogP contribution is 2.17. The molecule has 1 aromatic carbocycles. The fourth-order valence-corrected chi connectivity index (χ4v) is 2.37. The third kappa shape index (κ3) is 6.38. The molecule has 1 aliphatic heterocycles. The second kappa shape index (κ2) is 8.85. The Morgan fingerprint density at radius 1 is 1.28 bits per heavy atom. The van der Waals surface area contributed by atoms with Gasteiger partial charge in [0.05, 0.1) is 11.7 Å². The molecule has 138 valence electrons. The van der Waals surface area contributed by atoms with Gasteiger partial charge in [-0.2, -0.15) is 0 Å². The van der Waals surface area contributed by atoms with Gasteiger partial charge in [0.25, 0.3) is 5.91 Å². The number of carbonyl (C=O) groups is 2. The van der Waals surface area contributed by atoms with E-state index in [2.05, 4.69) is 5.32 Å². The average Bonchev–Trinajstić information content (AvgIpc) is 3.11. The molecule has 2 rings (SSSR count). The first kappa shape index (κ1) is 19.2. The van der Waals surface area contributed by atoms with Gasteiger partial charge in [0.2, 0.25) is 0 Å². The lowest BCUT2D eigenvalue weighted by molar-refractivity contribution is -0.125. The maximum atomic E-state index is 12.0. The summed E-state index contributed by atoms with van der Waals surface area (Å²) in [4.78, 5) is 23.8. The van der Waals surface area contributed by atoms with Crippen LogP contribution in [0.1, 0.15) is 50.4 Å². The summed E-state index contributed by atoms with van der Waals surface area (Å²) < 4.78 is 16.2. The molecule has 1 fully saturated rings. The summed E-state index contributed by atoms with van der Waals surface area (Å²) in [6.45, 7) is 6.83. The van der Waals surface area contributed by atoms with Gasteiger partial charge < -0.3 is 19.5 Å². The van der Waals surface area contributed by atoms with Crippen LogP contribution < -0.4 is 10.1 Å². The van der Waals surface area contributed by atoms with Crippen molar-refractivity contribution in [3.8, 4) is 5.75 Å². The molecule has 1 saturated heterocycles. The van der Waals surface area contributed by atoms with Crippen molar-refractivity contribution >= 4 is 11.9 Å². The molecular formula is C19H27NO5. The lowest BCUT2D eigenvalue weighted by Gasteiger charge is -2.24. The van der Waals surface area contributed by atoms with Crippen LogP contribution in [0.4, 0.5) is 0 Å². The van der Waals surface area contributed by atoms with Gasteiger partial charge in [0, 0.05) is 12.1 Å². The molecule has 6 heteroatoms. The molecule has 1 N–H and O–H groups in total. The lowest BCUT2D eigenvalue weighted by Crippen LogP contribution is -2.44. The van der Waals surface area contributed by atoms with E-state index >= 15 is 0 Å². The number of amides is 1. The van der Waals surface area contributed by atoms with Gasteiger partial charge in [-0.1, -0.05) is 6.92 Å². The number of hydrogen-bond acceptors (Lipinski definition) is 5. The second-order valence-electron chi connectivity index (χ2n) is 6.83. The van der Waals surface area contributed by atoms with Crippen molar-refractivity contribution in [3.63, 3.8) is 0 Å². The van der Waals surface area contributed by atoms with Crippen molar-refractivity contribution < 1.29 is 23.8 Å². The van der Waals surface area contributed by atoms with E-state index in [1.54, 1.807) is 24.3 Å². The summed E-state index contributed by atoms with van der Waals surface area (Å²) >= 11 is 0. The summed E-state index contributed by atoms with van der Waals surface area (Å²) in [5.74, 6) is -0.165. The minimum atomic E-state index is -0.532. The van der Waals surface area contributed by atoms with Crippen LogP contribution >= 0.6 is 0 Å². The molecule has 0 bridgehead atoms. The van der Waals surface area contributed by atoms with Crippen LogP contribution in [0, 0.1) is 0 Å². The molecule has 0 aromatic heterocycles. The summed E-state index contributed by atoms with van der Waals surface area (Å²) in [6.07, 6.45) is 3.03. The predicted octanol–water partition coefficient (Wildman–Crippen LogP) is 2.71. The van der Waals surface area contributed by atoms with Crippen LogP contribution in [0.25, 0.3) is 0 Å². The number of esters is 1. The van der Waals surface area contributed by atoms with E-state index < -0.39 is 5.97 Å². The monoisotopic (exact) mass is 349 g/mol. The van der Waals surface area contributed by atoms with Crippen molar-refractivity contribution in [2.24, 2.45) is 0 Å². The molecule has 1 aliphatic rings. The molecule has 0 radical (unpaired) electrons. The van der Waals surface area contributed by atoms with Crippen LogP contribution in [0.3, 0.4) is 0 Å². The van der Waals surface area contributed by atoms with Gasteiger partial charge >= 0.3 is 5.97 Å². The smallest absolute Gasteiger partial charge is 0.338 e. The molecule has 1 aromatic rings. The highest BCUT2D eigenvalue weighted by atomic mass is 16.5. The first-order valence-electron chi connectivity index (χ1n) is 8.72. The number of nitrogens with one attached hydrogen (secondary N) is 1. The minimum Gasteiger partial charge on any atom is -0.491 e. The maximum absolute atomic E-state index is 12.0. The quantitative estimate of drug-likeness (QED) is 0.731. The lowest BCUT2D eigenvalue weighted by atomic mass is 10.0. The highest BCUT2D eigenvalue weighted by Gasteiger charge is 2.19. The fraction of sp³-hybridized carbons (Fsp3) is 0.579. The Hall–Kier alpha value is -2.08. The Balaban J connectivity index is 1.76. The molecule has 0 unspecified atom stereocenters. The molecule has 1 atom stereocenters. The number of ether oxygens (including phenoxy) is 3.